The highest BCUT2D eigenvalue weighted by atomic mass is 15.2. The molecule has 0 aliphatic carbocycles. The third-order valence-corrected chi connectivity index (χ3v) is 1.13. The molecule has 66 valence electrons. The lowest BCUT2D eigenvalue weighted by molar-refractivity contribution is 0.780. The largest absolute Gasteiger partial charge is 0.263 e. The normalized spacial score (nSPS) is 9.27. The average Bonchev–Trinajstić information content (AvgIpc) is 2.40. The van der Waals surface area contributed by atoms with Crippen molar-refractivity contribution in [2.75, 3.05) is 0 Å². The van der Waals surface area contributed by atoms with E-state index in [-0.39, 0.29) is 1.43 Å². The number of hydrogen-bond donors (Lipinski definition) is 1. The lowest BCUT2D eigenvalue weighted by atomic mass is 10.2. The Kier molecular flexibility index (Phi) is 4.50. The molecule has 1 heterocycles. The maximum Gasteiger partial charge on any atom is 0.153 e. The first-order valence-corrected chi connectivity index (χ1v) is 4.09. The molecule has 11 heavy (non-hydrogen) atoms. The summed E-state index contributed by atoms with van der Waals surface area (Å²) in [6.07, 6.45) is 0. The van der Waals surface area contributed by atoms with Gasteiger partial charge in [-0.25, -0.2) is 4.98 Å². The van der Waals surface area contributed by atoms with E-state index in [4.69, 9.17) is 0 Å². The Morgan fingerprint density at radius 2 is 1.91 bits per heavy atom. The van der Waals surface area contributed by atoms with Crippen LogP contribution >= 0.6 is 0 Å². The fraction of sp³-hybridized carbons (Fsp3) is 0.750. The van der Waals surface area contributed by atoms with Crippen LogP contribution in [0.3, 0.4) is 0 Å². The van der Waals surface area contributed by atoms with Crippen molar-refractivity contribution in [1.82, 2.24) is 15.2 Å². The van der Waals surface area contributed by atoms with Gasteiger partial charge in [0.15, 0.2) is 5.82 Å². The topological polar surface area (TPSA) is 41.6 Å². The van der Waals surface area contributed by atoms with Crippen LogP contribution in [0.4, 0.5) is 0 Å². The Hall–Kier alpha value is -0.860. The van der Waals surface area contributed by atoms with Gasteiger partial charge in [0.25, 0.3) is 0 Å². The van der Waals surface area contributed by atoms with E-state index in [0.29, 0.717) is 5.92 Å². The molecule has 3 heteroatoms. The molecule has 0 unspecified atom stereocenters. The highest BCUT2D eigenvalue weighted by molar-refractivity contribution is 4.92. The van der Waals surface area contributed by atoms with Crippen LogP contribution in [0.5, 0.6) is 0 Å². The highest BCUT2D eigenvalue weighted by Crippen LogP contribution is 2.06. The third-order valence-electron chi connectivity index (χ3n) is 1.13. The monoisotopic (exact) mass is 157 g/mol. The molecule has 0 saturated heterocycles. The second-order valence-corrected chi connectivity index (χ2v) is 2.43. The minimum absolute atomic E-state index is 0. The Balaban J connectivity index is 0. The van der Waals surface area contributed by atoms with Gasteiger partial charge in [0.05, 0.1) is 0 Å². The minimum atomic E-state index is 0. The molecule has 0 spiro atoms. The van der Waals surface area contributed by atoms with Gasteiger partial charge in [0, 0.05) is 7.34 Å². The molecule has 0 aromatic carbocycles. The first-order chi connectivity index (χ1) is 5.20. The second kappa shape index (κ2) is 4.88. The lowest BCUT2D eigenvalue weighted by Gasteiger charge is -1.92. The first-order valence-electron chi connectivity index (χ1n) is 4.09. The summed E-state index contributed by atoms with van der Waals surface area (Å²) in [5, 5.41) is 6.77. The maximum absolute atomic E-state index is 4.14. The van der Waals surface area contributed by atoms with Gasteiger partial charge < -0.3 is 0 Å². The van der Waals surface area contributed by atoms with Gasteiger partial charge in [-0.2, -0.15) is 5.10 Å². The summed E-state index contributed by atoms with van der Waals surface area (Å²) in [5.74, 6) is 2.21. The zero-order valence-corrected chi connectivity index (χ0v) is 7.97. The number of rotatable bonds is 1. The lowest BCUT2D eigenvalue weighted by Crippen LogP contribution is -1.89. The van der Waals surface area contributed by atoms with Crippen LogP contribution < -0.4 is 0 Å². The molecule has 0 amide bonds. The van der Waals surface area contributed by atoms with Crippen LogP contribution in [-0.4, -0.2) is 15.2 Å². The molecule has 0 fully saturated rings. The van der Waals surface area contributed by atoms with Gasteiger partial charge in [-0.15, -0.1) is 0 Å². The average molecular weight is 157 g/mol. The molecule has 0 saturated carbocycles. The van der Waals surface area contributed by atoms with E-state index in [0.717, 1.165) is 11.6 Å². The van der Waals surface area contributed by atoms with Gasteiger partial charge in [0.2, 0.25) is 0 Å². The standard InChI is InChI=1S/C6H11N3.C2H6.H2/c1-4(2)6-7-5(3)8-9-6;1-2;/h4H,1-3H3,(H,7,8,9);1-2H3;1H. The third kappa shape index (κ3) is 3.16. The van der Waals surface area contributed by atoms with Crippen molar-refractivity contribution in [2.24, 2.45) is 0 Å². The number of aryl methyl sites for hydroxylation is 1. The van der Waals surface area contributed by atoms with Gasteiger partial charge in [0.1, 0.15) is 5.82 Å². The molecule has 1 aromatic rings. The molecule has 0 atom stereocenters. The van der Waals surface area contributed by atoms with E-state index in [1.165, 1.54) is 0 Å². The smallest absolute Gasteiger partial charge is 0.153 e. The van der Waals surface area contributed by atoms with E-state index < -0.39 is 0 Å². The zero-order chi connectivity index (χ0) is 8.85. The number of nitrogens with one attached hydrogen (secondary N) is 1. The molecular formula is C8H19N3. The molecule has 0 bridgehead atoms. The molecule has 1 aromatic heterocycles. The summed E-state index contributed by atoms with van der Waals surface area (Å²) in [4.78, 5) is 4.14. The number of aromatic amines is 1. The Bertz CT molecular complexity index is 196. The summed E-state index contributed by atoms with van der Waals surface area (Å²) in [6.45, 7) is 10.0. The Morgan fingerprint density at radius 3 is 2.09 bits per heavy atom. The maximum atomic E-state index is 4.14. The van der Waals surface area contributed by atoms with Crippen molar-refractivity contribution in [3.63, 3.8) is 0 Å². The van der Waals surface area contributed by atoms with E-state index in [9.17, 15) is 0 Å². The Labute approximate surface area is 69.7 Å². The quantitative estimate of drug-likeness (QED) is 0.680. The van der Waals surface area contributed by atoms with Gasteiger partial charge in [-0.05, 0) is 6.92 Å². The molecule has 0 radical (unpaired) electrons. The first kappa shape index (κ1) is 10.1. The summed E-state index contributed by atoms with van der Waals surface area (Å²) in [5.41, 5.74) is 0. The van der Waals surface area contributed by atoms with E-state index in [1.54, 1.807) is 0 Å². The highest BCUT2D eigenvalue weighted by Gasteiger charge is 2.02. The second-order valence-electron chi connectivity index (χ2n) is 2.43. The van der Waals surface area contributed by atoms with Crippen LogP contribution in [-0.2, 0) is 0 Å². The van der Waals surface area contributed by atoms with Crippen molar-refractivity contribution >= 4 is 0 Å². The van der Waals surface area contributed by atoms with Crippen molar-refractivity contribution in [3.8, 4) is 0 Å². The van der Waals surface area contributed by atoms with Crippen LogP contribution in [0.15, 0.2) is 0 Å². The zero-order valence-electron chi connectivity index (χ0n) is 7.97. The van der Waals surface area contributed by atoms with Crippen LogP contribution in [0.2, 0.25) is 0 Å². The predicted molar refractivity (Wildman–Crippen MR) is 48.7 cm³/mol. The molecule has 0 aliphatic heterocycles. The molecular weight excluding hydrogens is 138 g/mol. The van der Waals surface area contributed by atoms with Crippen molar-refractivity contribution < 1.29 is 1.43 Å². The summed E-state index contributed by atoms with van der Waals surface area (Å²) < 4.78 is 0. The van der Waals surface area contributed by atoms with E-state index in [2.05, 4.69) is 29.0 Å². The fourth-order valence-corrected chi connectivity index (χ4v) is 0.618. The van der Waals surface area contributed by atoms with Crippen molar-refractivity contribution in [2.45, 2.75) is 40.5 Å². The summed E-state index contributed by atoms with van der Waals surface area (Å²) in [6, 6.07) is 0. The van der Waals surface area contributed by atoms with E-state index >= 15 is 0 Å². The number of aromatic nitrogens is 3. The van der Waals surface area contributed by atoms with Crippen LogP contribution in [0.1, 0.15) is 46.7 Å². The van der Waals surface area contributed by atoms with Crippen molar-refractivity contribution in [3.05, 3.63) is 11.6 Å². The van der Waals surface area contributed by atoms with Crippen LogP contribution in [0, 0.1) is 6.92 Å². The van der Waals surface area contributed by atoms with Gasteiger partial charge >= 0.3 is 0 Å². The van der Waals surface area contributed by atoms with E-state index in [1.807, 2.05) is 20.8 Å². The minimum Gasteiger partial charge on any atom is -0.263 e. The van der Waals surface area contributed by atoms with Crippen molar-refractivity contribution in [1.29, 1.82) is 0 Å². The predicted octanol–water partition coefficient (Wildman–Crippen LogP) is 2.51. The molecule has 1 rings (SSSR count). The summed E-state index contributed by atoms with van der Waals surface area (Å²) >= 11 is 0. The number of nitrogens with zero attached hydrogens (tertiary/aromatic N) is 2. The van der Waals surface area contributed by atoms with Crippen LogP contribution in [0.25, 0.3) is 0 Å². The number of H-pyrrole nitrogens is 1. The fourth-order valence-electron chi connectivity index (χ4n) is 0.618. The summed E-state index contributed by atoms with van der Waals surface area (Å²) in [7, 11) is 0. The molecule has 0 aliphatic rings. The SMILES string of the molecule is CC.Cc1nc(C(C)C)n[nH]1.[HH]. The molecule has 3 nitrogen and oxygen atoms in total. The van der Waals surface area contributed by atoms with Gasteiger partial charge in [-0.3, -0.25) is 5.10 Å². The Morgan fingerprint density at radius 1 is 1.36 bits per heavy atom. The van der Waals surface area contributed by atoms with Gasteiger partial charge in [-0.1, -0.05) is 27.7 Å². The molecule has 1 N–H and O–H groups in total. The number of hydrogen-bond acceptors (Lipinski definition) is 2.